The minimum absolute atomic E-state index is 0.0757. The van der Waals surface area contributed by atoms with Crippen LogP contribution in [0.5, 0.6) is 0 Å². The topological polar surface area (TPSA) is 101 Å². The van der Waals surface area contributed by atoms with Gasteiger partial charge in [-0.05, 0) is 41.6 Å². The van der Waals surface area contributed by atoms with E-state index in [1.165, 1.54) is 23.5 Å². The molecule has 4 N–H and O–H groups in total. The number of hydrogen-bond acceptors (Lipinski definition) is 4. The van der Waals surface area contributed by atoms with Gasteiger partial charge in [0.15, 0.2) is 0 Å². The molecule has 1 aromatic heterocycles. The Bertz CT molecular complexity index is 962. The van der Waals surface area contributed by atoms with E-state index in [1.54, 1.807) is 12.1 Å². The van der Waals surface area contributed by atoms with E-state index in [9.17, 15) is 13.2 Å². The van der Waals surface area contributed by atoms with Crippen molar-refractivity contribution in [2.24, 2.45) is 5.14 Å². The number of amides is 2. The third-order valence-electron chi connectivity index (χ3n) is 3.61. The monoisotopic (exact) mass is 375 g/mol. The highest BCUT2D eigenvalue weighted by atomic mass is 32.2. The Hall–Kier alpha value is -2.42. The molecule has 1 heterocycles. The van der Waals surface area contributed by atoms with Crippen molar-refractivity contribution in [1.82, 2.24) is 5.32 Å². The van der Waals surface area contributed by atoms with Crippen molar-refractivity contribution < 1.29 is 13.2 Å². The fourth-order valence-electron chi connectivity index (χ4n) is 2.37. The van der Waals surface area contributed by atoms with Crippen LogP contribution in [0.3, 0.4) is 0 Å². The predicted molar refractivity (Wildman–Crippen MR) is 100 cm³/mol. The molecule has 2 amide bonds. The number of benzene rings is 2. The molecule has 0 aliphatic carbocycles. The van der Waals surface area contributed by atoms with E-state index in [2.05, 4.69) is 10.6 Å². The normalized spacial score (nSPS) is 11.4. The first-order valence-corrected chi connectivity index (χ1v) is 9.93. The molecule has 0 aliphatic heterocycles. The minimum Gasteiger partial charge on any atom is -0.338 e. The van der Waals surface area contributed by atoms with Crippen molar-refractivity contribution >= 4 is 42.5 Å². The van der Waals surface area contributed by atoms with Crippen LogP contribution in [-0.2, 0) is 16.4 Å². The van der Waals surface area contributed by atoms with Gasteiger partial charge in [-0.1, -0.05) is 30.3 Å². The van der Waals surface area contributed by atoms with Crippen molar-refractivity contribution in [3.8, 4) is 0 Å². The van der Waals surface area contributed by atoms with Crippen LogP contribution in [0.1, 0.15) is 5.56 Å². The summed E-state index contributed by atoms with van der Waals surface area (Å²) < 4.78 is 23.5. The van der Waals surface area contributed by atoms with Crippen LogP contribution in [0, 0.1) is 0 Å². The van der Waals surface area contributed by atoms with Gasteiger partial charge in [0.25, 0.3) is 0 Å². The minimum atomic E-state index is -3.68. The van der Waals surface area contributed by atoms with E-state index in [0.29, 0.717) is 13.0 Å². The average Bonchev–Trinajstić information content (AvgIpc) is 2.96. The summed E-state index contributed by atoms with van der Waals surface area (Å²) in [4.78, 5) is 12.0. The molecule has 0 unspecified atom stereocenters. The van der Waals surface area contributed by atoms with Crippen molar-refractivity contribution in [3.63, 3.8) is 0 Å². The number of urea groups is 1. The maximum Gasteiger partial charge on any atom is 0.319 e. The summed E-state index contributed by atoms with van der Waals surface area (Å²) in [5.41, 5.74) is 0.912. The van der Waals surface area contributed by atoms with Crippen LogP contribution in [-0.4, -0.2) is 21.0 Å². The van der Waals surface area contributed by atoms with Crippen LogP contribution in [0.2, 0.25) is 0 Å². The Balaban J connectivity index is 1.50. The maximum atomic E-state index is 12.0. The molecule has 0 saturated carbocycles. The third kappa shape index (κ3) is 4.56. The van der Waals surface area contributed by atoms with Crippen LogP contribution >= 0.6 is 11.3 Å². The van der Waals surface area contributed by atoms with Gasteiger partial charge >= 0.3 is 6.03 Å². The number of nitrogens with two attached hydrogens (primary N) is 1. The van der Waals surface area contributed by atoms with Gasteiger partial charge in [0.05, 0.1) is 9.90 Å². The fourth-order valence-corrected chi connectivity index (χ4v) is 3.84. The van der Waals surface area contributed by atoms with E-state index in [-0.39, 0.29) is 10.9 Å². The molecule has 6 nitrogen and oxygen atoms in total. The molecule has 0 atom stereocenters. The Kier molecular flexibility index (Phi) is 5.03. The highest BCUT2D eigenvalue weighted by molar-refractivity contribution is 7.89. The van der Waals surface area contributed by atoms with Gasteiger partial charge in [0.1, 0.15) is 0 Å². The third-order valence-corrected chi connectivity index (χ3v) is 5.57. The summed E-state index contributed by atoms with van der Waals surface area (Å²) in [6, 6.07) is 15.9. The predicted octanol–water partition coefficient (Wildman–Crippen LogP) is 2.91. The van der Waals surface area contributed by atoms with Crippen LogP contribution < -0.4 is 15.8 Å². The van der Waals surface area contributed by atoms with Gasteiger partial charge < -0.3 is 5.32 Å². The number of primary sulfonamides is 1. The van der Waals surface area contributed by atoms with Gasteiger partial charge in [0.2, 0.25) is 10.0 Å². The lowest BCUT2D eigenvalue weighted by molar-refractivity contribution is 0.252. The molecule has 3 rings (SSSR count). The van der Waals surface area contributed by atoms with Crippen LogP contribution in [0.25, 0.3) is 10.1 Å². The lowest BCUT2D eigenvalue weighted by atomic mass is 10.1. The van der Waals surface area contributed by atoms with Gasteiger partial charge in [-0.3, -0.25) is 5.32 Å². The molecule has 0 spiro atoms. The lowest BCUT2D eigenvalue weighted by Gasteiger charge is -2.06. The standard InChI is InChI=1S/C17H17N3O3S2/c18-25(22,23)14-7-5-12(6-8-14)9-10-19-17(21)20-16-11-13-3-1-2-4-15(13)24-16/h1-8,11H,9-10H2,(H2,18,22,23)(H2,19,20,21). The Labute approximate surface area is 149 Å². The summed E-state index contributed by atoms with van der Waals surface area (Å²) in [5.74, 6) is 0. The van der Waals surface area contributed by atoms with Crippen molar-refractivity contribution in [2.75, 3.05) is 11.9 Å². The quantitative estimate of drug-likeness (QED) is 0.639. The highest BCUT2D eigenvalue weighted by Crippen LogP contribution is 2.29. The van der Waals surface area contributed by atoms with Gasteiger partial charge in [-0.15, -0.1) is 11.3 Å². The molecular formula is C17H17N3O3S2. The molecule has 8 heteroatoms. The van der Waals surface area contributed by atoms with Gasteiger partial charge in [-0.25, -0.2) is 18.4 Å². The first-order valence-electron chi connectivity index (χ1n) is 7.57. The number of carbonyl (C=O) groups is 1. The molecule has 130 valence electrons. The number of rotatable bonds is 5. The Morgan fingerprint density at radius 1 is 1.08 bits per heavy atom. The molecular weight excluding hydrogens is 358 g/mol. The first-order chi connectivity index (χ1) is 11.9. The Morgan fingerprint density at radius 3 is 2.48 bits per heavy atom. The molecule has 0 aliphatic rings. The van der Waals surface area contributed by atoms with E-state index in [1.807, 2.05) is 30.3 Å². The number of nitrogens with one attached hydrogen (secondary N) is 2. The van der Waals surface area contributed by atoms with E-state index in [4.69, 9.17) is 5.14 Å². The van der Waals surface area contributed by atoms with E-state index >= 15 is 0 Å². The molecule has 25 heavy (non-hydrogen) atoms. The summed E-state index contributed by atoms with van der Waals surface area (Å²) >= 11 is 1.52. The molecule has 3 aromatic rings. The fraction of sp³-hybridized carbons (Fsp3) is 0.118. The summed E-state index contributed by atoms with van der Waals surface area (Å²) in [5, 5.41) is 12.5. The molecule has 0 fully saturated rings. The summed E-state index contributed by atoms with van der Waals surface area (Å²) in [6.07, 6.45) is 0.588. The van der Waals surface area contributed by atoms with E-state index < -0.39 is 10.0 Å². The van der Waals surface area contributed by atoms with E-state index in [0.717, 1.165) is 20.7 Å². The van der Waals surface area contributed by atoms with Gasteiger partial charge in [-0.2, -0.15) is 0 Å². The van der Waals surface area contributed by atoms with Crippen molar-refractivity contribution in [3.05, 3.63) is 60.2 Å². The SMILES string of the molecule is NS(=O)(=O)c1ccc(CCNC(=O)Nc2cc3ccccc3s2)cc1. The molecule has 0 bridgehead atoms. The molecule has 0 radical (unpaired) electrons. The zero-order valence-corrected chi connectivity index (χ0v) is 14.9. The second kappa shape index (κ2) is 7.22. The highest BCUT2D eigenvalue weighted by Gasteiger charge is 2.08. The van der Waals surface area contributed by atoms with Gasteiger partial charge in [0, 0.05) is 11.2 Å². The first kappa shape index (κ1) is 17.4. The van der Waals surface area contributed by atoms with Crippen molar-refractivity contribution in [1.29, 1.82) is 0 Å². The molecule has 0 saturated heterocycles. The van der Waals surface area contributed by atoms with Crippen LogP contribution in [0.4, 0.5) is 9.80 Å². The zero-order valence-electron chi connectivity index (χ0n) is 13.2. The number of fused-ring (bicyclic) bond motifs is 1. The number of carbonyl (C=O) groups excluding carboxylic acids is 1. The summed E-state index contributed by atoms with van der Waals surface area (Å²) in [6.45, 7) is 0.436. The summed E-state index contributed by atoms with van der Waals surface area (Å²) in [7, 11) is -3.68. The smallest absolute Gasteiger partial charge is 0.319 e. The number of sulfonamides is 1. The number of anilines is 1. The van der Waals surface area contributed by atoms with Crippen LogP contribution in [0.15, 0.2) is 59.5 Å². The molecule has 2 aromatic carbocycles. The second-order valence-corrected chi connectivity index (χ2v) is 8.11. The second-order valence-electron chi connectivity index (χ2n) is 5.47. The maximum absolute atomic E-state index is 12.0. The van der Waals surface area contributed by atoms with Crippen molar-refractivity contribution in [2.45, 2.75) is 11.3 Å². The lowest BCUT2D eigenvalue weighted by Crippen LogP contribution is -2.30. The average molecular weight is 375 g/mol. The number of thiophene rings is 1. The zero-order chi connectivity index (χ0) is 17.9. The Morgan fingerprint density at radius 2 is 1.80 bits per heavy atom. The number of hydrogen-bond donors (Lipinski definition) is 3. The largest absolute Gasteiger partial charge is 0.338 e.